The molecule has 1 aromatic heterocycles. The highest BCUT2D eigenvalue weighted by atomic mass is 35.5. The number of anilines is 1. The van der Waals surface area contributed by atoms with Crippen LogP contribution in [0, 0.1) is 0 Å². The first-order chi connectivity index (χ1) is 8.49. The van der Waals surface area contributed by atoms with Crippen LogP contribution >= 0.6 is 11.6 Å². The normalized spacial score (nSPS) is 24.2. The van der Waals surface area contributed by atoms with E-state index in [9.17, 15) is 4.79 Å². The minimum absolute atomic E-state index is 0.0799. The summed E-state index contributed by atoms with van der Waals surface area (Å²) < 4.78 is 0. The minimum Gasteiger partial charge on any atom is -0.465 e. The van der Waals surface area contributed by atoms with Crippen molar-refractivity contribution in [3.63, 3.8) is 0 Å². The molecule has 2 rings (SSSR count). The third-order valence-corrected chi connectivity index (χ3v) is 3.28. The van der Waals surface area contributed by atoms with Gasteiger partial charge in [0.05, 0.1) is 12.1 Å². The number of piperazine rings is 1. The summed E-state index contributed by atoms with van der Waals surface area (Å²) in [5.74, 6) is 0.725. The number of hydrogen-bond donors (Lipinski definition) is 1. The monoisotopic (exact) mass is 270 g/mol. The van der Waals surface area contributed by atoms with Crippen molar-refractivity contribution >= 4 is 23.5 Å². The molecule has 18 heavy (non-hydrogen) atoms. The summed E-state index contributed by atoms with van der Waals surface area (Å²) in [4.78, 5) is 14.6. The van der Waals surface area contributed by atoms with E-state index in [4.69, 9.17) is 16.7 Å². The number of rotatable bonds is 1. The summed E-state index contributed by atoms with van der Waals surface area (Å²) in [7, 11) is 0. The predicted octanol–water partition coefficient (Wildman–Crippen LogP) is 1.71. The Bertz CT molecular complexity index is 427. The number of nitrogens with zero attached hydrogens (tertiary/aromatic N) is 4. The number of carbonyl (C=O) groups is 1. The zero-order chi connectivity index (χ0) is 13.3. The molecule has 0 aliphatic carbocycles. The molecule has 1 aliphatic heterocycles. The highest BCUT2D eigenvalue weighted by Crippen LogP contribution is 2.21. The van der Waals surface area contributed by atoms with E-state index in [0.717, 1.165) is 5.82 Å². The van der Waals surface area contributed by atoms with Gasteiger partial charge in [-0.1, -0.05) is 11.6 Å². The minimum atomic E-state index is -0.878. The van der Waals surface area contributed by atoms with Gasteiger partial charge in [-0.2, -0.15) is 0 Å². The van der Waals surface area contributed by atoms with Gasteiger partial charge in [-0.3, -0.25) is 4.90 Å². The molecule has 6 nitrogen and oxygen atoms in total. The van der Waals surface area contributed by atoms with Crippen molar-refractivity contribution < 1.29 is 9.90 Å². The molecule has 1 saturated heterocycles. The maximum absolute atomic E-state index is 11.1. The SMILES string of the molecule is C[C@@H]1CN(c2ccc(Cl)nn2)C[C@H](C)N1C(=O)O. The number of amides is 1. The second-order valence-corrected chi connectivity index (χ2v) is 4.89. The van der Waals surface area contributed by atoms with Crippen LogP contribution in [-0.2, 0) is 0 Å². The molecule has 0 unspecified atom stereocenters. The van der Waals surface area contributed by atoms with Crippen LogP contribution in [0.5, 0.6) is 0 Å². The highest BCUT2D eigenvalue weighted by molar-refractivity contribution is 6.29. The molecule has 0 saturated carbocycles. The lowest BCUT2D eigenvalue weighted by Crippen LogP contribution is -2.58. The number of carboxylic acid groups (broad SMARTS) is 1. The van der Waals surface area contributed by atoms with Gasteiger partial charge in [-0.25, -0.2) is 4.79 Å². The molecule has 7 heteroatoms. The van der Waals surface area contributed by atoms with Gasteiger partial charge in [-0.15, -0.1) is 10.2 Å². The highest BCUT2D eigenvalue weighted by Gasteiger charge is 2.33. The summed E-state index contributed by atoms with van der Waals surface area (Å²) in [5.41, 5.74) is 0. The fourth-order valence-electron chi connectivity index (χ4n) is 2.36. The molecule has 0 radical (unpaired) electrons. The zero-order valence-corrected chi connectivity index (χ0v) is 11.0. The fraction of sp³-hybridized carbons (Fsp3) is 0.545. The van der Waals surface area contributed by atoms with Gasteiger partial charge in [0.2, 0.25) is 0 Å². The van der Waals surface area contributed by atoms with Crippen LogP contribution in [0.15, 0.2) is 12.1 Å². The van der Waals surface area contributed by atoms with E-state index in [2.05, 4.69) is 10.2 Å². The first-order valence-electron chi connectivity index (χ1n) is 5.74. The summed E-state index contributed by atoms with van der Waals surface area (Å²) >= 11 is 5.69. The van der Waals surface area contributed by atoms with Crippen molar-refractivity contribution in [3.8, 4) is 0 Å². The molecule has 1 aromatic rings. The number of halogens is 1. The van der Waals surface area contributed by atoms with Gasteiger partial charge in [0, 0.05) is 13.1 Å². The van der Waals surface area contributed by atoms with E-state index in [0.29, 0.717) is 18.2 Å². The van der Waals surface area contributed by atoms with E-state index in [1.165, 1.54) is 4.90 Å². The Hall–Kier alpha value is -1.56. The Morgan fingerprint density at radius 2 is 1.94 bits per heavy atom. The van der Waals surface area contributed by atoms with Crippen LogP contribution < -0.4 is 4.90 Å². The van der Waals surface area contributed by atoms with Gasteiger partial charge in [-0.05, 0) is 26.0 Å². The standard InChI is InChI=1S/C11H15ClN4O2/c1-7-5-15(6-8(2)16(7)11(17)18)10-4-3-9(12)13-14-10/h3-4,7-8H,5-6H2,1-2H3,(H,17,18)/t7-,8+. The van der Waals surface area contributed by atoms with Crippen molar-refractivity contribution in [1.82, 2.24) is 15.1 Å². The van der Waals surface area contributed by atoms with Crippen LogP contribution in [-0.4, -0.2) is 51.5 Å². The van der Waals surface area contributed by atoms with Gasteiger partial charge < -0.3 is 10.0 Å². The molecule has 0 bridgehead atoms. The fourth-order valence-corrected chi connectivity index (χ4v) is 2.47. The second kappa shape index (κ2) is 4.97. The van der Waals surface area contributed by atoms with Gasteiger partial charge in [0.1, 0.15) is 0 Å². The quantitative estimate of drug-likeness (QED) is 0.841. The lowest BCUT2D eigenvalue weighted by atomic mass is 10.1. The third kappa shape index (κ3) is 2.48. The van der Waals surface area contributed by atoms with E-state index in [1.807, 2.05) is 18.7 Å². The summed E-state index contributed by atoms with van der Waals surface area (Å²) in [6.45, 7) is 4.99. The van der Waals surface area contributed by atoms with E-state index >= 15 is 0 Å². The lowest BCUT2D eigenvalue weighted by Gasteiger charge is -2.43. The average Bonchev–Trinajstić information content (AvgIpc) is 2.28. The van der Waals surface area contributed by atoms with E-state index in [1.54, 1.807) is 12.1 Å². The average molecular weight is 271 g/mol. The third-order valence-electron chi connectivity index (χ3n) is 3.08. The van der Waals surface area contributed by atoms with Crippen LogP contribution in [0.25, 0.3) is 0 Å². The van der Waals surface area contributed by atoms with Crippen molar-refractivity contribution in [3.05, 3.63) is 17.3 Å². The van der Waals surface area contributed by atoms with Crippen molar-refractivity contribution in [2.75, 3.05) is 18.0 Å². The molecule has 98 valence electrons. The molecule has 2 heterocycles. The van der Waals surface area contributed by atoms with Crippen LogP contribution in [0.3, 0.4) is 0 Å². The predicted molar refractivity (Wildman–Crippen MR) is 68.0 cm³/mol. The largest absolute Gasteiger partial charge is 0.465 e. The Balaban J connectivity index is 2.15. The first kappa shape index (κ1) is 12.9. The Labute approximate surface area is 110 Å². The molecule has 2 atom stereocenters. The Morgan fingerprint density at radius 3 is 2.39 bits per heavy atom. The van der Waals surface area contributed by atoms with Gasteiger partial charge in [0.25, 0.3) is 0 Å². The molecular formula is C11H15ClN4O2. The van der Waals surface area contributed by atoms with Crippen LogP contribution in [0.1, 0.15) is 13.8 Å². The molecular weight excluding hydrogens is 256 g/mol. The van der Waals surface area contributed by atoms with Crippen molar-refractivity contribution in [2.45, 2.75) is 25.9 Å². The molecule has 0 spiro atoms. The summed E-state index contributed by atoms with van der Waals surface area (Å²) in [6.07, 6.45) is -0.878. The molecule has 0 aromatic carbocycles. The Morgan fingerprint density at radius 1 is 1.33 bits per heavy atom. The second-order valence-electron chi connectivity index (χ2n) is 4.51. The van der Waals surface area contributed by atoms with Gasteiger partial charge >= 0.3 is 6.09 Å². The zero-order valence-electron chi connectivity index (χ0n) is 10.2. The summed E-state index contributed by atoms with van der Waals surface area (Å²) in [6, 6.07) is 3.32. The van der Waals surface area contributed by atoms with Crippen LogP contribution in [0.2, 0.25) is 5.15 Å². The van der Waals surface area contributed by atoms with Crippen LogP contribution in [0.4, 0.5) is 10.6 Å². The molecule has 1 aliphatic rings. The lowest BCUT2D eigenvalue weighted by molar-refractivity contribution is 0.0980. The first-order valence-corrected chi connectivity index (χ1v) is 6.12. The topological polar surface area (TPSA) is 69.6 Å². The Kier molecular flexibility index (Phi) is 3.56. The maximum atomic E-state index is 11.1. The van der Waals surface area contributed by atoms with Crippen molar-refractivity contribution in [2.24, 2.45) is 0 Å². The van der Waals surface area contributed by atoms with E-state index < -0.39 is 6.09 Å². The molecule has 1 fully saturated rings. The molecule has 1 N–H and O–H groups in total. The number of hydrogen-bond acceptors (Lipinski definition) is 4. The molecule has 1 amide bonds. The smallest absolute Gasteiger partial charge is 0.407 e. The van der Waals surface area contributed by atoms with Gasteiger partial charge in [0.15, 0.2) is 11.0 Å². The van der Waals surface area contributed by atoms with E-state index in [-0.39, 0.29) is 12.1 Å². The maximum Gasteiger partial charge on any atom is 0.407 e. The summed E-state index contributed by atoms with van der Waals surface area (Å²) in [5, 5.41) is 17.3. The number of aromatic nitrogens is 2. The van der Waals surface area contributed by atoms with Crippen molar-refractivity contribution in [1.29, 1.82) is 0 Å².